The van der Waals surface area contributed by atoms with E-state index in [1.54, 1.807) is 0 Å². The third kappa shape index (κ3) is 5.93. The first kappa shape index (κ1) is 23.9. The van der Waals surface area contributed by atoms with Gasteiger partial charge < -0.3 is 24.6 Å². The van der Waals surface area contributed by atoms with E-state index in [0.29, 0.717) is 19.4 Å². The topological polar surface area (TPSA) is 112 Å². The lowest BCUT2D eigenvalue weighted by Gasteiger charge is -2.23. The van der Waals surface area contributed by atoms with Gasteiger partial charge in [-0.1, -0.05) is 26.0 Å². The molecular weight excluding hydrogens is 414 g/mol. The standard InChI is InChI=1S/C23H31N3O6/c1-15-6-7-16(2)17(12-15)30-11-5-9-23(3,4)21(28)24-18-8-10-26(22(29)25-18)19-14-31-20(13-27)32-19/h6-8,10,12,19-20,27H,5,9,11,13-14H2,1-4H3,(H,24,25,28,29)/t19-,20-/m0/s1. The Labute approximate surface area is 187 Å². The van der Waals surface area contributed by atoms with Crippen LogP contribution in [0.4, 0.5) is 5.82 Å². The number of carbonyl (C=O) groups excluding carboxylic acids is 1. The van der Waals surface area contributed by atoms with Crippen LogP contribution in [-0.4, -0.2) is 46.7 Å². The molecule has 2 N–H and O–H groups in total. The molecule has 0 bridgehead atoms. The molecule has 32 heavy (non-hydrogen) atoms. The van der Waals surface area contributed by atoms with E-state index in [1.165, 1.54) is 16.8 Å². The number of carbonyl (C=O) groups is 1. The number of hydrogen-bond donors (Lipinski definition) is 2. The van der Waals surface area contributed by atoms with Crippen molar-refractivity contribution in [2.45, 2.75) is 53.1 Å². The summed E-state index contributed by atoms with van der Waals surface area (Å²) >= 11 is 0. The summed E-state index contributed by atoms with van der Waals surface area (Å²) in [6.07, 6.45) is 1.38. The molecule has 1 aliphatic rings. The molecule has 1 amide bonds. The van der Waals surface area contributed by atoms with Gasteiger partial charge in [0.1, 0.15) is 11.6 Å². The third-order valence-electron chi connectivity index (χ3n) is 5.43. The van der Waals surface area contributed by atoms with Crippen LogP contribution >= 0.6 is 0 Å². The van der Waals surface area contributed by atoms with E-state index in [4.69, 9.17) is 19.3 Å². The van der Waals surface area contributed by atoms with Gasteiger partial charge >= 0.3 is 5.69 Å². The van der Waals surface area contributed by atoms with Crippen LogP contribution < -0.4 is 15.7 Å². The highest BCUT2D eigenvalue weighted by Crippen LogP contribution is 2.26. The molecule has 9 nitrogen and oxygen atoms in total. The predicted molar refractivity (Wildman–Crippen MR) is 119 cm³/mol. The Bertz CT molecular complexity index is 1000. The summed E-state index contributed by atoms with van der Waals surface area (Å²) in [7, 11) is 0. The second kappa shape index (κ2) is 10.2. The lowest BCUT2D eigenvalue weighted by molar-refractivity contribution is -0.124. The van der Waals surface area contributed by atoms with E-state index in [0.717, 1.165) is 16.9 Å². The Kier molecular flexibility index (Phi) is 7.65. The van der Waals surface area contributed by atoms with E-state index < -0.39 is 23.6 Å². The molecule has 1 aromatic heterocycles. The highest BCUT2D eigenvalue weighted by atomic mass is 16.7. The van der Waals surface area contributed by atoms with Crippen LogP contribution in [0.5, 0.6) is 5.75 Å². The van der Waals surface area contributed by atoms with Crippen LogP contribution in [0.1, 0.15) is 44.0 Å². The maximum absolute atomic E-state index is 12.8. The van der Waals surface area contributed by atoms with Gasteiger partial charge in [-0.15, -0.1) is 0 Å². The molecule has 0 unspecified atom stereocenters. The molecule has 0 aliphatic carbocycles. The lowest BCUT2D eigenvalue weighted by atomic mass is 9.87. The van der Waals surface area contributed by atoms with Gasteiger partial charge in [0.2, 0.25) is 5.91 Å². The highest BCUT2D eigenvalue weighted by Gasteiger charge is 2.29. The molecule has 1 saturated heterocycles. The van der Waals surface area contributed by atoms with Gasteiger partial charge in [-0.2, -0.15) is 4.98 Å². The van der Waals surface area contributed by atoms with E-state index in [-0.39, 0.29) is 24.9 Å². The number of nitrogens with one attached hydrogen (secondary N) is 1. The Morgan fingerprint density at radius 2 is 2.12 bits per heavy atom. The SMILES string of the molecule is Cc1ccc(C)c(OCCCC(C)(C)C(=O)Nc2ccn([C@@H]3CO[C@H](CO)O3)c(=O)n2)c1. The van der Waals surface area contributed by atoms with Crippen LogP contribution in [0, 0.1) is 19.3 Å². The van der Waals surface area contributed by atoms with Crippen molar-refractivity contribution >= 4 is 11.7 Å². The van der Waals surface area contributed by atoms with Gasteiger partial charge in [0.15, 0.2) is 12.5 Å². The van der Waals surface area contributed by atoms with Gasteiger partial charge in [0, 0.05) is 11.6 Å². The van der Waals surface area contributed by atoms with Crippen molar-refractivity contribution in [2.75, 3.05) is 25.1 Å². The van der Waals surface area contributed by atoms with Crippen molar-refractivity contribution < 1.29 is 24.1 Å². The fraction of sp³-hybridized carbons (Fsp3) is 0.522. The molecule has 174 valence electrons. The maximum Gasteiger partial charge on any atom is 0.351 e. The van der Waals surface area contributed by atoms with Crippen LogP contribution in [0.25, 0.3) is 0 Å². The minimum absolute atomic E-state index is 0.135. The van der Waals surface area contributed by atoms with E-state index in [9.17, 15) is 9.59 Å². The zero-order chi connectivity index (χ0) is 23.3. The molecule has 3 rings (SSSR count). The predicted octanol–water partition coefficient (Wildman–Crippen LogP) is 2.55. The molecule has 0 radical (unpaired) electrons. The highest BCUT2D eigenvalue weighted by molar-refractivity contribution is 5.93. The Morgan fingerprint density at radius 3 is 2.81 bits per heavy atom. The van der Waals surface area contributed by atoms with Crippen molar-refractivity contribution in [3.63, 3.8) is 0 Å². The number of anilines is 1. The maximum atomic E-state index is 12.8. The Morgan fingerprint density at radius 1 is 1.34 bits per heavy atom. The number of rotatable bonds is 9. The summed E-state index contributed by atoms with van der Waals surface area (Å²) in [6, 6.07) is 7.62. The molecular formula is C23H31N3O6. The molecule has 0 spiro atoms. The second-order valence-corrected chi connectivity index (χ2v) is 8.60. The number of aryl methyl sites for hydroxylation is 2. The molecule has 1 aromatic carbocycles. The molecule has 1 aliphatic heterocycles. The van der Waals surface area contributed by atoms with Gasteiger partial charge in [-0.25, -0.2) is 4.79 Å². The number of aromatic nitrogens is 2. The van der Waals surface area contributed by atoms with Crippen molar-refractivity contribution in [3.8, 4) is 5.75 Å². The second-order valence-electron chi connectivity index (χ2n) is 8.60. The van der Waals surface area contributed by atoms with E-state index in [2.05, 4.69) is 10.3 Å². The normalized spacial score (nSPS) is 18.5. The molecule has 2 atom stereocenters. The van der Waals surface area contributed by atoms with Gasteiger partial charge in [-0.3, -0.25) is 9.36 Å². The third-order valence-corrected chi connectivity index (χ3v) is 5.43. The average Bonchev–Trinajstić information content (AvgIpc) is 3.22. The zero-order valence-electron chi connectivity index (χ0n) is 19.0. The Balaban J connectivity index is 1.52. The molecule has 2 aromatic rings. The van der Waals surface area contributed by atoms with E-state index in [1.807, 2.05) is 45.9 Å². The number of ether oxygens (including phenoxy) is 3. The summed E-state index contributed by atoms with van der Waals surface area (Å²) < 4.78 is 17.8. The Hall–Kier alpha value is -2.75. The van der Waals surface area contributed by atoms with Crippen LogP contribution in [0.3, 0.4) is 0 Å². The first-order chi connectivity index (χ1) is 15.2. The zero-order valence-corrected chi connectivity index (χ0v) is 19.0. The van der Waals surface area contributed by atoms with Gasteiger partial charge in [-0.05, 0) is 49.9 Å². The number of nitrogens with zero attached hydrogens (tertiary/aromatic N) is 2. The lowest BCUT2D eigenvalue weighted by Crippen LogP contribution is -2.33. The number of benzene rings is 1. The van der Waals surface area contributed by atoms with Crippen LogP contribution in [0.15, 0.2) is 35.3 Å². The average molecular weight is 446 g/mol. The van der Waals surface area contributed by atoms with Crippen molar-refractivity contribution in [3.05, 3.63) is 52.1 Å². The monoisotopic (exact) mass is 445 g/mol. The molecule has 9 heteroatoms. The van der Waals surface area contributed by atoms with Gasteiger partial charge in [0.25, 0.3) is 0 Å². The fourth-order valence-electron chi connectivity index (χ4n) is 3.34. The number of aliphatic hydroxyl groups is 1. The first-order valence-corrected chi connectivity index (χ1v) is 10.7. The molecule has 0 saturated carbocycles. The van der Waals surface area contributed by atoms with E-state index >= 15 is 0 Å². The van der Waals surface area contributed by atoms with Crippen LogP contribution in [0.2, 0.25) is 0 Å². The largest absolute Gasteiger partial charge is 0.493 e. The fourth-order valence-corrected chi connectivity index (χ4v) is 3.34. The smallest absolute Gasteiger partial charge is 0.351 e. The molecule has 1 fully saturated rings. The quantitative estimate of drug-likeness (QED) is 0.571. The summed E-state index contributed by atoms with van der Waals surface area (Å²) in [4.78, 5) is 29.0. The summed E-state index contributed by atoms with van der Waals surface area (Å²) in [6.45, 7) is 8.07. The first-order valence-electron chi connectivity index (χ1n) is 10.7. The van der Waals surface area contributed by atoms with Gasteiger partial charge in [0.05, 0.1) is 19.8 Å². The molecule has 2 heterocycles. The van der Waals surface area contributed by atoms with Crippen molar-refractivity contribution in [1.29, 1.82) is 0 Å². The van der Waals surface area contributed by atoms with Crippen molar-refractivity contribution in [1.82, 2.24) is 9.55 Å². The summed E-state index contributed by atoms with van der Waals surface area (Å²) in [5.74, 6) is 0.808. The summed E-state index contributed by atoms with van der Waals surface area (Å²) in [5.41, 5.74) is 0.975. The number of hydrogen-bond acceptors (Lipinski definition) is 7. The number of aliphatic hydroxyl groups excluding tert-OH is 1. The number of amides is 1. The van der Waals surface area contributed by atoms with Crippen LogP contribution in [-0.2, 0) is 14.3 Å². The van der Waals surface area contributed by atoms with Crippen molar-refractivity contribution in [2.24, 2.45) is 5.41 Å². The minimum atomic E-state index is -0.758. The summed E-state index contributed by atoms with van der Waals surface area (Å²) in [5, 5.41) is 11.8. The minimum Gasteiger partial charge on any atom is -0.493 e.